The maximum Gasteiger partial charge on any atom is 0.415 e. The van der Waals surface area contributed by atoms with Gasteiger partial charge in [-0.05, 0) is 58.2 Å². The fourth-order valence-electron chi connectivity index (χ4n) is 3.65. The van der Waals surface area contributed by atoms with Crippen LogP contribution >= 0.6 is 0 Å². The number of ether oxygens (including phenoxy) is 2. The number of nitrogens with zero attached hydrogens (tertiary/aromatic N) is 3. The van der Waals surface area contributed by atoms with Crippen LogP contribution in [0.25, 0.3) is 0 Å². The molecular formula is C27H47N5O5. The first-order valence-electron chi connectivity index (χ1n) is 13.1. The fourth-order valence-corrected chi connectivity index (χ4v) is 3.65. The highest BCUT2D eigenvalue weighted by molar-refractivity contribution is 5.74. The molecule has 10 nitrogen and oxygen atoms in total. The van der Waals surface area contributed by atoms with Crippen LogP contribution in [0.1, 0.15) is 56.6 Å². The SMILES string of the molecule is CNCCCCCCCCN(Cc1cc(COC(=O)NC)ccc1OC(=O)N(C)CCN(C)C)C(C)=O. The van der Waals surface area contributed by atoms with Gasteiger partial charge in [-0.3, -0.25) is 4.79 Å². The van der Waals surface area contributed by atoms with Crippen LogP contribution in [0.3, 0.4) is 0 Å². The predicted octanol–water partition coefficient (Wildman–Crippen LogP) is 3.44. The smallest absolute Gasteiger partial charge is 0.415 e. The van der Waals surface area contributed by atoms with Gasteiger partial charge in [0, 0.05) is 52.8 Å². The highest BCUT2D eigenvalue weighted by Crippen LogP contribution is 2.24. The molecule has 1 rings (SSSR count). The molecule has 0 aliphatic carbocycles. The lowest BCUT2D eigenvalue weighted by molar-refractivity contribution is -0.129. The summed E-state index contributed by atoms with van der Waals surface area (Å²) in [7, 11) is 9.04. The molecule has 0 atom stereocenters. The first kappa shape index (κ1) is 32.2. The number of amides is 3. The van der Waals surface area contributed by atoms with Crippen LogP contribution in [0.5, 0.6) is 5.75 Å². The Bertz CT molecular complexity index is 833. The van der Waals surface area contributed by atoms with Gasteiger partial charge in [-0.2, -0.15) is 0 Å². The minimum absolute atomic E-state index is 0.0404. The molecule has 10 heteroatoms. The minimum atomic E-state index is -0.532. The summed E-state index contributed by atoms with van der Waals surface area (Å²) in [5.41, 5.74) is 1.43. The number of rotatable bonds is 17. The number of carbonyl (C=O) groups excluding carboxylic acids is 3. The molecule has 1 aromatic rings. The molecule has 2 N–H and O–H groups in total. The van der Waals surface area contributed by atoms with E-state index >= 15 is 0 Å². The zero-order valence-corrected chi connectivity index (χ0v) is 23.6. The van der Waals surface area contributed by atoms with Gasteiger partial charge >= 0.3 is 12.2 Å². The first-order valence-corrected chi connectivity index (χ1v) is 13.1. The van der Waals surface area contributed by atoms with Crippen molar-refractivity contribution in [3.8, 4) is 5.75 Å². The summed E-state index contributed by atoms with van der Waals surface area (Å²) in [4.78, 5) is 41.9. The van der Waals surface area contributed by atoms with Crippen LogP contribution in [0, 0.1) is 0 Å². The summed E-state index contributed by atoms with van der Waals surface area (Å²) in [6, 6.07) is 5.27. The molecular weight excluding hydrogens is 474 g/mol. The monoisotopic (exact) mass is 521 g/mol. The number of likely N-dealkylation sites (N-methyl/N-ethyl adjacent to an activating group) is 2. The second-order valence-corrected chi connectivity index (χ2v) is 9.53. The molecule has 3 amide bonds. The third-order valence-corrected chi connectivity index (χ3v) is 6.00. The molecule has 0 saturated heterocycles. The predicted molar refractivity (Wildman–Crippen MR) is 146 cm³/mol. The number of hydrogen-bond acceptors (Lipinski definition) is 7. The Labute approximate surface area is 222 Å². The maximum atomic E-state index is 12.7. The van der Waals surface area contributed by atoms with Crippen molar-refractivity contribution in [2.24, 2.45) is 0 Å². The molecule has 0 unspecified atom stereocenters. The van der Waals surface area contributed by atoms with Gasteiger partial charge in [0.15, 0.2) is 0 Å². The Morgan fingerprint density at radius 2 is 1.57 bits per heavy atom. The van der Waals surface area contributed by atoms with E-state index < -0.39 is 12.2 Å². The first-order chi connectivity index (χ1) is 17.7. The van der Waals surface area contributed by atoms with Gasteiger partial charge in [-0.25, -0.2) is 9.59 Å². The summed E-state index contributed by atoms with van der Waals surface area (Å²) in [5.74, 6) is 0.350. The number of benzene rings is 1. The third kappa shape index (κ3) is 13.9. The topological polar surface area (TPSA) is 103 Å². The van der Waals surface area contributed by atoms with E-state index in [0.717, 1.165) is 31.4 Å². The number of nitrogens with one attached hydrogen (secondary N) is 2. The number of unbranched alkanes of at least 4 members (excludes halogenated alkanes) is 5. The van der Waals surface area contributed by atoms with Crippen molar-refractivity contribution >= 4 is 18.1 Å². The zero-order valence-electron chi connectivity index (χ0n) is 23.6. The minimum Gasteiger partial charge on any atom is -0.445 e. The van der Waals surface area contributed by atoms with E-state index in [9.17, 15) is 14.4 Å². The molecule has 210 valence electrons. The van der Waals surface area contributed by atoms with Gasteiger partial charge < -0.3 is 34.8 Å². The second kappa shape index (κ2) is 18.4. The highest BCUT2D eigenvalue weighted by atomic mass is 16.6. The molecule has 37 heavy (non-hydrogen) atoms. The summed E-state index contributed by atoms with van der Waals surface area (Å²) in [6.45, 7) is 4.82. The van der Waals surface area contributed by atoms with Gasteiger partial charge in [-0.1, -0.05) is 31.7 Å². The van der Waals surface area contributed by atoms with Gasteiger partial charge in [0.25, 0.3) is 0 Å². The van der Waals surface area contributed by atoms with E-state index in [-0.39, 0.29) is 12.5 Å². The average Bonchev–Trinajstić information content (AvgIpc) is 2.87. The van der Waals surface area contributed by atoms with Crippen LogP contribution in [-0.2, 0) is 22.7 Å². The summed E-state index contributed by atoms with van der Waals surface area (Å²) in [5, 5.41) is 5.58. The van der Waals surface area contributed by atoms with Crippen molar-refractivity contribution in [3.05, 3.63) is 29.3 Å². The molecule has 0 spiro atoms. The van der Waals surface area contributed by atoms with Gasteiger partial charge in [-0.15, -0.1) is 0 Å². The molecule has 0 aromatic heterocycles. The quantitative estimate of drug-likeness (QED) is 0.303. The van der Waals surface area contributed by atoms with Crippen molar-refractivity contribution in [3.63, 3.8) is 0 Å². The lowest BCUT2D eigenvalue weighted by Gasteiger charge is -2.24. The molecule has 0 heterocycles. The summed E-state index contributed by atoms with van der Waals surface area (Å²) in [6.07, 6.45) is 5.69. The number of hydrogen-bond donors (Lipinski definition) is 2. The molecule has 0 saturated carbocycles. The molecule has 1 aromatic carbocycles. The van der Waals surface area contributed by atoms with Crippen molar-refractivity contribution in [1.29, 1.82) is 0 Å². The molecule has 0 aliphatic rings. The third-order valence-electron chi connectivity index (χ3n) is 6.00. The standard InChI is InChI=1S/C27H47N5O5/c1-22(33)32(16-12-10-8-7-9-11-15-28-2)20-24-19-23(21-36-26(34)29-3)13-14-25(24)37-27(35)31(6)18-17-30(4)5/h13-14,19,28H,7-12,15-18,20-21H2,1-6H3,(H,29,34). The normalized spacial score (nSPS) is 10.8. The van der Waals surface area contributed by atoms with Crippen LogP contribution < -0.4 is 15.4 Å². The highest BCUT2D eigenvalue weighted by Gasteiger charge is 2.18. The van der Waals surface area contributed by atoms with Gasteiger partial charge in [0.05, 0.1) is 0 Å². The van der Waals surface area contributed by atoms with Gasteiger partial charge in [0.2, 0.25) is 5.91 Å². The second-order valence-electron chi connectivity index (χ2n) is 9.53. The van der Waals surface area contributed by atoms with E-state index in [1.165, 1.54) is 31.2 Å². The molecule has 0 fully saturated rings. The zero-order chi connectivity index (χ0) is 27.6. The average molecular weight is 522 g/mol. The van der Waals surface area contributed by atoms with Crippen molar-refractivity contribution < 1.29 is 23.9 Å². The van der Waals surface area contributed by atoms with E-state index in [0.29, 0.717) is 37.5 Å². The summed E-state index contributed by atoms with van der Waals surface area (Å²) < 4.78 is 10.9. The van der Waals surface area contributed by atoms with Crippen molar-refractivity contribution in [2.75, 3.05) is 61.4 Å². The lowest BCUT2D eigenvalue weighted by atomic mass is 10.1. The number of carbonyl (C=O) groups is 3. The van der Waals surface area contributed by atoms with E-state index in [1.54, 1.807) is 31.0 Å². The number of alkyl carbamates (subject to hydrolysis) is 1. The van der Waals surface area contributed by atoms with Crippen LogP contribution in [-0.4, -0.2) is 94.2 Å². The Kier molecular flexibility index (Phi) is 16.0. The van der Waals surface area contributed by atoms with E-state index in [4.69, 9.17) is 9.47 Å². The molecule has 0 aliphatic heterocycles. The van der Waals surface area contributed by atoms with Crippen LogP contribution in [0.2, 0.25) is 0 Å². The largest absolute Gasteiger partial charge is 0.445 e. The Balaban J connectivity index is 2.89. The summed E-state index contributed by atoms with van der Waals surface area (Å²) >= 11 is 0. The lowest BCUT2D eigenvalue weighted by Crippen LogP contribution is -2.35. The molecule has 0 radical (unpaired) electrons. The van der Waals surface area contributed by atoms with Crippen molar-refractivity contribution in [1.82, 2.24) is 25.3 Å². The van der Waals surface area contributed by atoms with Crippen LogP contribution in [0.4, 0.5) is 9.59 Å². The molecule has 0 bridgehead atoms. The Morgan fingerprint density at radius 3 is 2.19 bits per heavy atom. The van der Waals surface area contributed by atoms with Gasteiger partial charge in [0.1, 0.15) is 12.4 Å². The maximum absolute atomic E-state index is 12.7. The van der Waals surface area contributed by atoms with E-state index in [1.807, 2.05) is 32.1 Å². The Hall–Kier alpha value is -2.85. The van der Waals surface area contributed by atoms with Crippen molar-refractivity contribution in [2.45, 2.75) is 58.6 Å². The van der Waals surface area contributed by atoms with Crippen LogP contribution in [0.15, 0.2) is 18.2 Å². The van der Waals surface area contributed by atoms with E-state index in [2.05, 4.69) is 10.6 Å². The Morgan fingerprint density at radius 1 is 0.892 bits per heavy atom. The fraction of sp³-hybridized carbons (Fsp3) is 0.667.